The molecule has 2 atom stereocenters. The second-order valence-corrected chi connectivity index (χ2v) is 7.97. The summed E-state index contributed by atoms with van der Waals surface area (Å²) in [5.41, 5.74) is 2.17. The molecule has 20 heavy (non-hydrogen) atoms. The van der Waals surface area contributed by atoms with Crippen molar-refractivity contribution in [3.63, 3.8) is 0 Å². The lowest BCUT2D eigenvalue weighted by atomic mass is 9.95. The Morgan fingerprint density at radius 2 is 2.25 bits per heavy atom. The molecule has 1 aromatic heterocycles. The van der Waals surface area contributed by atoms with Crippen molar-refractivity contribution in [3.8, 4) is 0 Å². The smallest absolute Gasteiger partial charge is 0.150 e. The Balaban J connectivity index is 2.05. The van der Waals surface area contributed by atoms with Gasteiger partial charge in [0, 0.05) is 17.9 Å². The molecule has 1 fully saturated rings. The molecule has 1 aromatic rings. The molecule has 0 aliphatic carbocycles. The summed E-state index contributed by atoms with van der Waals surface area (Å²) < 4.78 is 23.2. The van der Waals surface area contributed by atoms with E-state index in [2.05, 4.69) is 23.3 Å². The SMILES string of the molecule is CCCNC(CC1CCS(=O)(=O)C1)c1ccc(C)nc1. The summed E-state index contributed by atoms with van der Waals surface area (Å²) in [7, 11) is -2.79. The van der Waals surface area contributed by atoms with Gasteiger partial charge >= 0.3 is 0 Å². The van der Waals surface area contributed by atoms with E-state index in [-0.39, 0.29) is 12.0 Å². The van der Waals surface area contributed by atoms with E-state index in [4.69, 9.17) is 0 Å². The van der Waals surface area contributed by atoms with Crippen molar-refractivity contribution in [1.29, 1.82) is 0 Å². The first-order valence-corrected chi connectivity index (χ1v) is 9.18. The zero-order chi connectivity index (χ0) is 14.6. The van der Waals surface area contributed by atoms with Gasteiger partial charge in [0.1, 0.15) is 0 Å². The molecular formula is C15H24N2O2S. The zero-order valence-corrected chi connectivity index (χ0v) is 13.1. The summed E-state index contributed by atoms with van der Waals surface area (Å²) in [6, 6.07) is 4.32. The Morgan fingerprint density at radius 3 is 2.80 bits per heavy atom. The van der Waals surface area contributed by atoms with Crippen molar-refractivity contribution < 1.29 is 8.42 Å². The number of hydrogen-bond donors (Lipinski definition) is 1. The predicted molar refractivity (Wildman–Crippen MR) is 81.4 cm³/mol. The van der Waals surface area contributed by atoms with Crippen LogP contribution in [0.5, 0.6) is 0 Å². The molecule has 0 bridgehead atoms. The van der Waals surface area contributed by atoms with Crippen molar-refractivity contribution in [1.82, 2.24) is 10.3 Å². The number of nitrogens with zero attached hydrogens (tertiary/aromatic N) is 1. The Kier molecular flexibility index (Phi) is 5.16. The first-order chi connectivity index (χ1) is 9.50. The Labute approximate surface area is 121 Å². The van der Waals surface area contributed by atoms with Crippen LogP contribution in [0.3, 0.4) is 0 Å². The molecule has 2 heterocycles. The van der Waals surface area contributed by atoms with E-state index in [0.29, 0.717) is 11.5 Å². The monoisotopic (exact) mass is 296 g/mol. The first-order valence-electron chi connectivity index (χ1n) is 7.36. The normalized spacial score (nSPS) is 22.8. The summed E-state index contributed by atoms with van der Waals surface area (Å²) in [6.45, 7) is 5.05. The van der Waals surface area contributed by atoms with Gasteiger partial charge in [-0.1, -0.05) is 13.0 Å². The summed E-state index contributed by atoms with van der Waals surface area (Å²) in [4.78, 5) is 4.35. The number of aryl methyl sites for hydroxylation is 1. The highest BCUT2D eigenvalue weighted by Crippen LogP contribution is 2.28. The van der Waals surface area contributed by atoms with E-state index in [1.807, 2.05) is 19.2 Å². The van der Waals surface area contributed by atoms with Crippen LogP contribution in [0.1, 0.15) is 43.5 Å². The van der Waals surface area contributed by atoms with Gasteiger partial charge in [-0.25, -0.2) is 8.42 Å². The molecule has 0 amide bonds. The number of pyridine rings is 1. The van der Waals surface area contributed by atoms with Gasteiger partial charge in [0.25, 0.3) is 0 Å². The topological polar surface area (TPSA) is 59.1 Å². The fourth-order valence-corrected chi connectivity index (χ4v) is 4.61. The molecule has 2 rings (SSSR count). The molecule has 1 N–H and O–H groups in total. The lowest BCUT2D eigenvalue weighted by molar-refractivity contribution is 0.414. The maximum atomic E-state index is 11.6. The fourth-order valence-electron chi connectivity index (χ4n) is 2.73. The van der Waals surface area contributed by atoms with Crippen LogP contribution in [0.2, 0.25) is 0 Å². The van der Waals surface area contributed by atoms with Crippen LogP contribution in [0.25, 0.3) is 0 Å². The second-order valence-electron chi connectivity index (χ2n) is 5.74. The van der Waals surface area contributed by atoms with Crippen LogP contribution in [0.15, 0.2) is 18.3 Å². The first kappa shape index (κ1) is 15.4. The lowest BCUT2D eigenvalue weighted by Gasteiger charge is -2.21. The Morgan fingerprint density at radius 1 is 1.45 bits per heavy atom. The zero-order valence-electron chi connectivity index (χ0n) is 12.3. The third-order valence-electron chi connectivity index (χ3n) is 3.87. The largest absolute Gasteiger partial charge is 0.310 e. The van der Waals surface area contributed by atoms with Gasteiger partial charge in [0.15, 0.2) is 9.84 Å². The number of rotatable bonds is 6. The minimum absolute atomic E-state index is 0.210. The van der Waals surface area contributed by atoms with Gasteiger partial charge in [0.05, 0.1) is 11.5 Å². The van der Waals surface area contributed by atoms with Crippen molar-refractivity contribution >= 4 is 9.84 Å². The quantitative estimate of drug-likeness (QED) is 0.875. The standard InChI is InChI=1S/C15H24N2O2S/c1-3-7-16-15(14-5-4-12(2)17-10-14)9-13-6-8-20(18,19)11-13/h4-5,10,13,15-16H,3,6-9,11H2,1-2H3. The molecular weight excluding hydrogens is 272 g/mol. The van der Waals surface area contributed by atoms with Crippen molar-refractivity contribution in [2.75, 3.05) is 18.1 Å². The third-order valence-corrected chi connectivity index (χ3v) is 5.71. The third kappa shape index (κ3) is 4.28. The van der Waals surface area contributed by atoms with Crippen LogP contribution in [0, 0.1) is 12.8 Å². The lowest BCUT2D eigenvalue weighted by Crippen LogP contribution is -2.25. The average Bonchev–Trinajstić information content (AvgIpc) is 2.75. The van der Waals surface area contributed by atoms with Crippen molar-refractivity contribution in [2.45, 2.75) is 39.2 Å². The Hall–Kier alpha value is -0.940. The van der Waals surface area contributed by atoms with Crippen LogP contribution >= 0.6 is 0 Å². The molecule has 2 unspecified atom stereocenters. The molecule has 0 radical (unpaired) electrons. The van der Waals surface area contributed by atoms with Gasteiger partial charge in [0.2, 0.25) is 0 Å². The molecule has 1 aliphatic heterocycles. The van der Waals surface area contributed by atoms with Gasteiger partial charge in [-0.2, -0.15) is 0 Å². The molecule has 0 aromatic carbocycles. The highest BCUT2D eigenvalue weighted by molar-refractivity contribution is 7.91. The maximum absolute atomic E-state index is 11.6. The van der Waals surface area contributed by atoms with E-state index < -0.39 is 9.84 Å². The summed E-state index contributed by atoms with van der Waals surface area (Å²) in [6.07, 6.45) is 4.65. The maximum Gasteiger partial charge on any atom is 0.150 e. The minimum atomic E-state index is -2.79. The van der Waals surface area contributed by atoms with E-state index in [1.165, 1.54) is 0 Å². The molecule has 0 saturated carbocycles. The Bertz CT molecular complexity index is 525. The van der Waals surface area contributed by atoms with Crippen molar-refractivity contribution in [2.24, 2.45) is 5.92 Å². The minimum Gasteiger partial charge on any atom is -0.310 e. The van der Waals surface area contributed by atoms with Gasteiger partial charge < -0.3 is 5.32 Å². The molecule has 1 saturated heterocycles. The number of aromatic nitrogens is 1. The molecule has 5 heteroatoms. The number of sulfone groups is 1. The highest BCUT2D eigenvalue weighted by atomic mass is 32.2. The summed E-state index contributed by atoms with van der Waals surface area (Å²) in [5, 5.41) is 3.52. The number of nitrogens with one attached hydrogen (secondary N) is 1. The van der Waals surface area contributed by atoms with Gasteiger partial charge in [-0.3, -0.25) is 4.98 Å². The van der Waals surface area contributed by atoms with Crippen molar-refractivity contribution in [3.05, 3.63) is 29.6 Å². The van der Waals surface area contributed by atoms with E-state index in [1.54, 1.807) is 0 Å². The summed E-state index contributed by atoms with van der Waals surface area (Å²) >= 11 is 0. The fraction of sp³-hybridized carbons (Fsp3) is 0.667. The molecule has 4 nitrogen and oxygen atoms in total. The highest BCUT2D eigenvalue weighted by Gasteiger charge is 2.30. The van der Waals surface area contributed by atoms with E-state index >= 15 is 0 Å². The molecule has 1 aliphatic rings. The molecule has 0 spiro atoms. The predicted octanol–water partition coefficient (Wildman–Crippen LogP) is 2.26. The number of hydrogen-bond acceptors (Lipinski definition) is 4. The van der Waals surface area contributed by atoms with Crippen LogP contribution in [0.4, 0.5) is 0 Å². The molecule has 112 valence electrons. The average molecular weight is 296 g/mol. The van der Waals surface area contributed by atoms with Gasteiger partial charge in [-0.05, 0) is 50.3 Å². The van der Waals surface area contributed by atoms with E-state index in [0.717, 1.165) is 37.1 Å². The van der Waals surface area contributed by atoms with Crippen LogP contribution in [-0.2, 0) is 9.84 Å². The van der Waals surface area contributed by atoms with Crippen LogP contribution < -0.4 is 5.32 Å². The van der Waals surface area contributed by atoms with E-state index in [9.17, 15) is 8.42 Å². The van der Waals surface area contributed by atoms with Crippen LogP contribution in [-0.4, -0.2) is 31.5 Å². The second kappa shape index (κ2) is 6.68. The van der Waals surface area contributed by atoms with Gasteiger partial charge in [-0.15, -0.1) is 0 Å². The summed E-state index contributed by atoms with van der Waals surface area (Å²) in [5.74, 6) is 0.969.